The molecule has 1 aromatic carbocycles. The van der Waals surface area contributed by atoms with Crippen LogP contribution in [0.15, 0.2) is 28.5 Å². The van der Waals surface area contributed by atoms with Crippen LogP contribution in [-0.2, 0) is 16.6 Å². The molecule has 0 saturated heterocycles. The molecule has 0 amide bonds. The SMILES string of the molecule is Cc1csc(CNS(=O)(=O)c2c(C)cccc2N)n1. The quantitative estimate of drug-likeness (QED) is 0.843. The Morgan fingerprint density at radius 2 is 2.11 bits per heavy atom. The summed E-state index contributed by atoms with van der Waals surface area (Å²) < 4.78 is 27.0. The highest BCUT2D eigenvalue weighted by atomic mass is 32.2. The van der Waals surface area contributed by atoms with Gasteiger partial charge in [0.15, 0.2) is 0 Å². The molecule has 19 heavy (non-hydrogen) atoms. The topological polar surface area (TPSA) is 85.1 Å². The zero-order valence-electron chi connectivity index (χ0n) is 10.7. The maximum Gasteiger partial charge on any atom is 0.243 e. The van der Waals surface area contributed by atoms with Gasteiger partial charge in [0.1, 0.15) is 9.90 Å². The smallest absolute Gasteiger partial charge is 0.243 e. The Bertz CT molecular complexity index is 673. The average Bonchev–Trinajstić information content (AvgIpc) is 2.72. The minimum atomic E-state index is -3.62. The van der Waals surface area contributed by atoms with Gasteiger partial charge in [-0.25, -0.2) is 18.1 Å². The van der Waals surface area contributed by atoms with E-state index >= 15 is 0 Å². The molecule has 0 bridgehead atoms. The highest BCUT2D eigenvalue weighted by molar-refractivity contribution is 7.89. The molecule has 0 saturated carbocycles. The molecule has 7 heteroatoms. The minimum Gasteiger partial charge on any atom is -0.398 e. The number of thiazole rings is 1. The van der Waals surface area contributed by atoms with Gasteiger partial charge in [-0.15, -0.1) is 11.3 Å². The zero-order valence-corrected chi connectivity index (χ0v) is 12.3. The molecular formula is C12H15N3O2S2. The molecule has 0 radical (unpaired) electrons. The van der Waals surface area contributed by atoms with Crippen molar-refractivity contribution in [1.82, 2.24) is 9.71 Å². The Labute approximate surface area is 116 Å². The summed E-state index contributed by atoms with van der Waals surface area (Å²) in [5.41, 5.74) is 7.51. The summed E-state index contributed by atoms with van der Waals surface area (Å²) in [6, 6.07) is 5.03. The maximum atomic E-state index is 12.2. The normalized spacial score (nSPS) is 11.7. The molecule has 3 N–H and O–H groups in total. The molecule has 0 spiro atoms. The number of rotatable bonds is 4. The van der Waals surface area contributed by atoms with Gasteiger partial charge in [-0.3, -0.25) is 0 Å². The predicted octanol–water partition coefficient (Wildman–Crippen LogP) is 1.82. The van der Waals surface area contributed by atoms with Crippen LogP contribution in [0, 0.1) is 13.8 Å². The molecule has 0 aliphatic rings. The third-order valence-electron chi connectivity index (χ3n) is 2.59. The lowest BCUT2D eigenvalue weighted by molar-refractivity contribution is 0.581. The van der Waals surface area contributed by atoms with Crippen molar-refractivity contribution in [2.75, 3.05) is 5.73 Å². The molecular weight excluding hydrogens is 282 g/mol. The number of hydrogen-bond donors (Lipinski definition) is 2. The molecule has 2 rings (SSSR count). The van der Waals surface area contributed by atoms with Crippen molar-refractivity contribution in [3.05, 3.63) is 39.8 Å². The lowest BCUT2D eigenvalue weighted by Gasteiger charge is -2.10. The number of nitrogens with zero attached hydrogens (tertiary/aromatic N) is 1. The Kier molecular flexibility index (Phi) is 3.88. The Balaban J connectivity index is 2.23. The number of sulfonamides is 1. The summed E-state index contributed by atoms with van der Waals surface area (Å²) in [7, 11) is -3.62. The van der Waals surface area contributed by atoms with Gasteiger partial charge in [-0.05, 0) is 25.5 Å². The third-order valence-corrected chi connectivity index (χ3v) is 5.18. The Morgan fingerprint density at radius 1 is 1.37 bits per heavy atom. The average molecular weight is 297 g/mol. The van der Waals surface area contributed by atoms with E-state index in [1.54, 1.807) is 25.1 Å². The molecule has 2 aromatic rings. The largest absolute Gasteiger partial charge is 0.398 e. The van der Waals surface area contributed by atoms with Gasteiger partial charge in [-0.2, -0.15) is 0 Å². The summed E-state index contributed by atoms with van der Waals surface area (Å²) in [6.45, 7) is 3.76. The van der Waals surface area contributed by atoms with Gasteiger partial charge in [0, 0.05) is 11.1 Å². The van der Waals surface area contributed by atoms with E-state index < -0.39 is 10.0 Å². The highest BCUT2D eigenvalue weighted by Crippen LogP contribution is 2.22. The molecule has 0 fully saturated rings. The van der Waals surface area contributed by atoms with E-state index in [9.17, 15) is 8.42 Å². The molecule has 1 aromatic heterocycles. The highest BCUT2D eigenvalue weighted by Gasteiger charge is 2.19. The monoisotopic (exact) mass is 297 g/mol. The van der Waals surface area contributed by atoms with Crippen LogP contribution in [0.25, 0.3) is 0 Å². The minimum absolute atomic E-state index is 0.142. The van der Waals surface area contributed by atoms with Crippen LogP contribution in [0.2, 0.25) is 0 Å². The molecule has 5 nitrogen and oxygen atoms in total. The second kappa shape index (κ2) is 5.28. The van der Waals surface area contributed by atoms with Crippen LogP contribution in [-0.4, -0.2) is 13.4 Å². The molecule has 0 unspecified atom stereocenters. The van der Waals surface area contributed by atoms with E-state index in [2.05, 4.69) is 9.71 Å². The van der Waals surface area contributed by atoms with E-state index in [1.165, 1.54) is 11.3 Å². The van der Waals surface area contributed by atoms with Gasteiger partial charge in [0.05, 0.1) is 12.2 Å². The zero-order chi connectivity index (χ0) is 14.0. The van der Waals surface area contributed by atoms with Crippen LogP contribution < -0.4 is 10.5 Å². The summed E-state index contributed by atoms with van der Waals surface area (Å²) in [5.74, 6) is 0. The van der Waals surface area contributed by atoms with Crippen LogP contribution in [0.4, 0.5) is 5.69 Å². The van der Waals surface area contributed by atoms with Crippen LogP contribution >= 0.6 is 11.3 Å². The van der Waals surface area contributed by atoms with E-state index in [-0.39, 0.29) is 17.1 Å². The number of nitrogens with two attached hydrogens (primary N) is 1. The number of aromatic nitrogens is 1. The van der Waals surface area contributed by atoms with E-state index in [0.29, 0.717) is 5.56 Å². The molecule has 1 heterocycles. The molecule has 102 valence electrons. The van der Waals surface area contributed by atoms with Gasteiger partial charge >= 0.3 is 0 Å². The fourth-order valence-corrected chi connectivity index (χ4v) is 3.90. The number of nitrogens with one attached hydrogen (secondary N) is 1. The Morgan fingerprint density at radius 3 is 2.68 bits per heavy atom. The lowest BCUT2D eigenvalue weighted by Crippen LogP contribution is -2.25. The Hall–Kier alpha value is -1.44. The van der Waals surface area contributed by atoms with Crippen LogP contribution in [0.5, 0.6) is 0 Å². The van der Waals surface area contributed by atoms with Crippen molar-refractivity contribution in [3.8, 4) is 0 Å². The molecule has 0 atom stereocenters. The van der Waals surface area contributed by atoms with Crippen molar-refractivity contribution < 1.29 is 8.42 Å². The van der Waals surface area contributed by atoms with Gasteiger partial charge in [-0.1, -0.05) is 12.1 Å². The first-order valence-electron chi connectivity index (χ1n) is 5.66. The third kappa shape index (κ3) is 3.12. The molecule has 0 aliphatic carbocycles. The lowest BCUT2D eigenvalue weighted by atomic mass is 10.2. The molecule has 0 aliphatic heterocycles. The van der Waals surface area contributed by atoms with Gasteiger partial charge in [0.25, 0.3) is 0 Å². The second-order valence-electron chi connectivity index (χ2n) is 4.20. The maximum absolute atomic E-state index is 12.2. The predicted molar refractivity (Wildman–Crippen MR) is 76.5 cm³/mol. The van der Waals surface area contributed by atoms with Gasteiger partial charge < -0.3 is 5.73 Å². The van der Waals surface area contributed by atoms with Crippen molar-refractivity contribution >= 4 is 27.0 Å². The summed E-state index contributed by atoms with van der Waals surface area (Å²) >= 11 is 1.42. The summed E-state index contributed by atoms with van der Waals surface area (Å²) in [6.07, 6.45) is 0. The number of benzene rings is 1. The number of hydrogen-bond acceptors (Lipinski definition) is 5. The van der Waals surface area contributed by atoms with E-state index in [1.807, 2.05) is 12.3 Å². The first-order valence-corrected chi connectivity index (χ1v) is 8.02. The standard InChI is InChI=1S/C12H15N3O2S2/c1-8-4-3-5-10(13)12(8)19(16,17)14-6-11-15-9(2)7-18-11/h3-5,7,14H,6,13H2,1-2H3. The van der Waals surface area contributed by atoms with E-state index in [0.717, 1.165) is 10.7 Å². The number of nitrogen functional groups attached to an aromatic ring is 1. The van der Waals surface area contributed by atoms with Crippen LogP contribution in [0.1, 0.15) is 16.3 Å². The van der Waals surface area contributed by atoms with Crippen LogP contribution in [0.3, 0.4) is 0 Å². The fraction of sp³-hybridized carbons (Fsp3) is 0.250. The fourth-order valence-electron chi connectivity index (χ4n) is 1.76. The van der Waals surface area contributed by atoms with Crippen molar-refractivity contribution in [2.45, 2.75) is 25.3 Å². The first-order chi connectivity index (χ1) is 8.90. The number of aryl methyl sites for hydroxylation is 2. The van der Waals surface area contributed by atoms with Gasteiger partial charge in [0.2, 0.25) is 10.0 Å². The summed E-state index contributed by atoms with van der Waals surface area (Å²) in [5, 5.41) is 2.61. The second-order valence-corrected chi connectivity index (χ2v) is 6.85. The summed E-state index contributed by atoms with van der Waals surface area (Å²) in [4.78, 5) is 4.35. The van der Waals surface area contributed by atoms with E-state index in [4.69, 9.17) is 5.73 Å². The van der Waals surface area contributed by atoms with Crippen molar-refractivity contribution in [2.24, 2.45) is 0 Å². The number of anilines is 1. The van der Waals surface area contributed by atoms with Crippen molar-refractivity contribution in [3.63, 3.8) is 0 Å². The van der Waals surface area contributed by atoms with Crippen molar-refractivity contribution in [1.29, 1.82) is 0 Å². The first kappa shape index (κ1) is 14.0.